The van der Waals surface area contributed by atoms with Crippen LogP contribution in [0.1, 0.15) is 5.82 Å². The van der Waals surface area contributed by atoms with Gasteiger partial charge in [0, 0.05) is 56.7 Å². The number of hydrogen-bond acceptors (Lipinski definition) is 8. The van der Waals surface area contributed by atoms with Gasteiger partial charge < -0.3 is 4.52 Å². The molecule has 4 heterocycles. The van der Waals surface area contributed by atoms with Crippen molar-refractivity contribution in [3.63, 3.8) is 0 Å². The monoisotopic (exact) mass is 367 g/mol. The Morgan fingerprint density at radius 2 is 1.89 bits per heavy atom. The van der Waals surface area contributed by atoms with E-state index in [1.165, 1.54) is 11.1 Å². The van der Waals surface area contributed by atoms with Gasteiger partial charge in [-0.2, -0.15) is 10.1 Å². The lowest BCUT2D eigenvalue weighted by atomic mass is 10.2. The van der Waals surface area contributed by atoms with Gasteiger partial charge in [0.25, 0.3) is 5.56 Å². The van der Waals surface area contributed by atoms with Gasteiger partial charge in [0.1, 0.15) is 0 Å². The minimum absolute atomic E-state index is 0.0848. The summed E-state index contributed by atoms with van der Waals surface area (Å²) in [5.74, 6) is 0.714. The van der Waals surface area contributed by atoms with Gasteiger partial charge >= 0.3 is 0 Å². The van der Waals surface area contributed by atoms with E-state index in [1.807, 2.05) is 12.1 Å². The minimum atomic E-state index is -0.0848. The maximum absolute atomic E-state index is 12.1. The van der Waals surface area contributed by atoms with Crippen LogP contribution < -0.4 is 5.56 Å². The normalized spacial score (nSPS) is 15.9. The minimum Gasteiger partial charge on any atom is -0.343 e. The van der Waals surface area contributed by atoms with Crippen molar-refractivity contribution in [3.8, 4) is 11.3 Å². The smallest absolute Gasteiger partial charge is 0.266 e. The first-order valence-electron chi connectivity index (χ1n) is 8.96. The summed E-state index contributed by atoms with van der Waals surface area (Å²) >= 11 is 0. The topological polar surface area (TPSA) is 93.2 Å². The molecule has 0 saturated carbocycles. The van der Waals surface area contributed by atoms with Crippen LogP contribution in [-0.2, 0) is 13.1 Å². The van der Waals surface area contributed by atoms with Crippen LogP contribution in [0.3, 0.4) is 0 Å². The van der Waals surface area contributed by atoms with E-state index in [0.717, 1.165) is 44.0 Å². The first-order valence-corrected chi connectivity index (χ1v) is 8.96. The van der Waals surface area contributed by atoms with E-state index < -0.39 is 0 Å². The fourth-order valence-corrected chi connectivity index (χ4v) is 3.15. The van der Waals surface area contributed by atoms with Gasteiger partial charge in [-0.1, -0.05) is 5.16 Å². The van der Waals surface area contributed by atoms with E-state index in [9.17, 15) is 4.79 Å². The molecule has 0 N–H and O–H groups in total. The number of aromatic nitrogens is 5. The summed E-state index contributed by atoms with van der Waals surface area (Å²) in [6.45, 7) is 5.82. The first-order chi connectivity index (χ1) is 13.3. The second-order valence-corrected chi connectivity index (χ2v) is 6.49. The molecule has 0 unspecified atom stereocenters. The third-order valence-electron chi connectivity index (χ3n) is 4.69. The van der Waals surface area contributed by atoms with Crippen molar-refractivity contribution in [2.24, 2.45) is 0 Å². The van der Waals surface area contributed by atoms with Crippen LogP contribution in [0.5, 0.6) is 0 Å². The molecule has 0 aliphatic carbocycles. The summed E-state index contributed by atoms with van der Waals surface area (Å²) in [6.07, 6.45) is 4.83. The first kappa shape index (κ1) is 17.5. The van der Waals surface area contributed by atoms with Gasteiger partial charge in [-0.3, -0.25) is 19.6 Å². The van der Waals surface area contributed by atoms with Gasteiger partial charge in [0.2, 0.25) is 6.39 Å². The van der Waals surface area contributed by atoms with Gasteiger partial charge in [0.15, 0.2) is 5.82 Å². The zero-order valence-corrected chi connectivity index (χ0v) is 14.9. The standard InChI is InChI=1S/C18H21N7O2/c26-18-4-3-16(15-2-1-5-19-12-15)21-25(18)11-10-23-6-8-24(9-7-23)13-17-20-14-27-22-17/h1-5,12,14H,6-11,13H2. The number of rotatable bonds is 6. The SMILES string of the molecule is O=c1ccc(-c2cccnc2)nn1CCN1CCN(Cc2ncon2)CC1. The fourth-order valence-electron chi connectivity index (χ4n) is 3.15. The molecule has 9 heteroatoms. The van der Waals surface area contributed by atoms with Crippen LogP contribution in [0.25, 0.3) is 11.3 Å². The van der Waals surface area contributed by atoms with Gasteiger partial charge in [0.05, 0.1) is 18.8 Å². The van der Waals surface area contributed by atoms with Gasteiger partial charge in [-0.25, -0.2) is 4.68 Å². The van der Waals surface area contributed by atoms with Crippen LogP contribution in [0.2, 0.25) is 0 Å². The largest absolute Gasteiger partial charge is 0.343 e. The maximum atomic E-state index is 12.1. The molecular weight excluding hydrogens is 346 g/mol. The highest BCUT2D eigenvalue weighted by molar-refractivity contribution is 5.56. The molecule has 4 rings (SSSR count). The molecule has 0 aromatic carbocycles. The molecular formula is C18H21N7O2. The van der Waals surface area contributed by atoms with Crippen LogP contribution in [0.4, 0.5) is 0 Å². The zero-order chi connectivity index (χ0) is 18.5. The number of piperazine rings is 1. The van der Waals surface area contributed by atoms with Crippen molar-refractivity contribution in [2.75, 3.05) is 32.7 Å². The Bertz CT molecular complexity index is 903. The Morgan fingerprint density at radius 1 is 1.04 bits per heavy atom. The van der Waals surface area contributed by atoms with Crippen molar-refractivity contribution >= 4 is 0 Å². The molecule has 140 valence electrons. The Hall–Kier alpha value is -2.91. The molecule has 9 nitrogen and oxygen atoms in total. The molecule has 3 aromatic rings. The van der Waals surface area contributed by atoms with Crippen LogP contribution in [-0.4, -0.2) is 67.4 Å². The average molecular weight is 367 g/mol. The Labute approximate surface area is 156 Å². The summed E-state index contributed by atoms with van der Waals surface area (Å²) in [4.78, 5) is 25.0. The lowest BCUT2D eigenvalue weighted by Gasteiger charge is -2.33. The summed E-state index contributed by atoms with van der Waals surface area (Å²) < 4.78 is 6.31. The van der Waals surface area contributed by atoms with Crippen molar-refractivity contribution < 1.29 is 4.52 Å². The Morgan fingerprint density at radius 3 is 2.63 bits per heavy atom. The highest BCUT2D eigenvalue weighted by atomic mass is 16.5. The molecule has 0 atom stereocenters. The lowest BCUT2D eigenvalue weighted by molar-refractivity contribution is 0.120. The molecule has 1 aliphatic rings. The van der Waals surface area contributed by atoms with E-state index in [-0.39, 0.29) is 5.56 Å². The second-order valence-electron chi connectivity index (χ2n) is 6.49. The average Bonchev–Trinajstić information content (AvgIpc) is 3.22. The predicted molar refractivity (Wildman–Crippen MR) is 97.7 cm³/mol. The molecule has 0 spiro atoms. The molecule has 0 radical (unpaired) electrons. The summed E-state index contributed by atoms with van der Waals surface area (Å²) in [5.41, 5.74) is 1.58. The van der Waals surface area contributed by atoms with E-state index in [1.54, 1.807) is 24.5 Å². The van der Waals surface area contributed by atoms with Gasteiger partial charge in [-0.05, 0) is 18.2 Å². The predicted octanol–water partition coefficient (Wildman–Crippen LogP) is 0.506. The van der Waals surface area contributed by atoms with E-state index >= 15 is 0 Å². The molecule has 27 heavy (non-hydrogen) atoms. The van der Waals surface area contributed by atoms with Crippen LogP contribution >= 0.6 is 0 Å². The highest BCUT2D eigenvalue weighted by Gasteiger charge is 2.18. The molecule has 1 fully saturated rings. The summed E-state index contributed by atoms with van der Waals surface area (Å²) in [7, 11) is 0. The Balaban J connectivity index is 1.32. The van der Waals surface area contributed by atoms with E-state index in [0.29, 0.717) is 18.9 Å². The van der Waals surface area contributed by atoms with Crippen LogP contribution in [0, 0.1) is 0 Å². The fraction of sp³-hybridized carbons (Fsp3) is 0.389. The van der Waals surface area contributed by atoms with Crippen molar-refractivity contribution in [3.05, 3.63) is 59.2 Å². The van der Waals surface area contributed by atoms with Gasteiger partial charge in [-0.15, -0.1) is 0 Å². The third-order valence-corrected chi connectivity index (χ3v) is 4.69. The number of nitrogens with zero attached hydrogens (tertiary/aromatic N) is 7. The molecule has 1 aliphatic heterocycles. The second kappa shape index (κ2) is 8.19. The quantitative estimate of drug-likeness (QED) is 0.622. The van der Waals surface area contributed by atoms with Crippen molar-refractivity contribution in [2.45, 2.75) is 13.1 Å². The number of hydrogen-bond donors (Lipinski definition) is 0. The molecule has 0 bridgehead atoms. The molecule has 1 saturated heterocycles. The zero-order valence-electron chi connectivity index (χ0n) is 14.9. The van der Waals surface area contributed by atoms with Crippen molar-refractivity contribution in [1.29, 1.82) is 0 Å². The van der Waals surface area contributed by atoms with Crippen LogP contribution in [0.15, 0.2) is 52.4 Å². The maximum Gasteiger partial charge on any atom is 0.266 e. The summed E-state index contributed by atoms with van der Waals surface area (Å²) in [5, 5.41) is 8.35. The molecule has 3 aromatic heterocycles. The lowest BCUT2D eigenvalue weighted by Crippen LogP contribution is -2.47. The highest BCUT2D eigenvalue weighted by Crippen LogP contribution is 2.12. The van der Waals surface area contributed by atoms with E-state index in [2.05, 4.69) is 30.0 Å². The number of pyridine rings is 1. The third kappa shape index (κ3) is 4.44. The molecule has 0 amide bonds. The van der Waals surface area contributed by atoms with Crippen molar-refractivity contribution in [1.82, 2.24) is 34.7 Å². The Kier molecular flexibility index (Phi) is 5.31. The summed E-state index contributed by atoms with van der Waals surface area (Å²) in [6, 6.07) is 7.11. The van der Waals surface area contributed by atoms with E-state index in [4.69, 9.17) is 4.52 Å².